The number of anilines is 3. The zero-order chi connectivity index (χ0) is 17.6. The van der Waals surface area contributed by atoms with Crippen LogP contribution in [0.15, 0.2) is 49.4 Å². The van der Waals surface area contributed by atoms with E-state index in [9.17, 15) is 0 Å². The molecule has 0 spiro atoms. The van der Waals surface area contributed by atoms with Crippen LogP contribution in [-0.4, -0.2) is 43.0 Å². The Morgan fingerprint density at radius 1 is 1.00 bits per heavy atom. The Labute approximate surface area is 151 Å². The summed E-state index contributed by atoms with van der Waals surface area (Å²) < 4.78 is 0. The summed E-state index contributed by atoms with van der Waals surface area (Å²) in [5, 5.41) is 3.16. The Morgan fingerprint density at radius 3 is 2.77 bits per heavy atom. The first-order chi connectivity index (χ1) is 12.9. The molecule has 8 heteroatoms. The van der Waals surface area contributed by atoms with Gasteiger partial charge < -0.3 is 10.2 Å². The average molecular weight is 348 g/mol. The maximum absolute atomic E-state index is 4.44. The molecular formula is C18H20N8. The molecule has 3 aromatic rings. The number of nitrogens with zero attached hydrogens (tertiary/aromatic N) is 7. The summed E-state index contributed by atoms with van der Waals surface area (Å²) in [7, 11) is 0. The lowest BCUT2D eigenvalue weighted by Gasteiger charge is -2.32. The van der Waals surface area contributed by atoms with Crippen LogP contribution in [0.2, 0.25) is 0 Å². The first-order valence-electron chi connectivity index (χ1n) is 8.73. The molecule has 0 radical (unpaired) electrons. The van der Waals surface area contributed by atoms with Crippen molar-refractivity contribution in [3.63, 3.8) is 0 Å². The highest BCUT2D eigenvalue weighted by atomic mass is 15.2. The number of piperidine rings is 1. The predicted octanol–water partition coefficient (Wildman–Crippen LogP) is 2.26. The van der Waals surface area contributed by atoms with E-state index in [0.29, 0.717) is 11.7 Å². The van der Waals surface area contributed by atoms with Gasteiger partial charge in [-0.1, -0.05) is 0 Å². The Kier molecular flexibility index (Phi) is 4.90. The number of aromatic nitrogens is 6. The molecule has 1 aliphatic heterocycles. The van der Waals surface area contributed by atoms with Crippen LogP contribution >= 0.6 is 0 Å². The molecule has 4 rings (SSSR count). The lowest BCUT2D eigenvalue weighted by Crippen LogP contribution is -2.37. The van der Waals surface area contributed by atoms with E-state index in [1.54, 1.807) is 37.3 Å². The van der Waals surface area contributed by atoms with Gasteiger partial charge in [0.1, 0.15) is 18.0 Å². The molecule has 1 aliphatic rings. The highest BCUT2D eigenvalue weighted by molar-refractivity contribution is 5.50. The standard InChI is InChI=1S/C18H20N8/c1-3-14(12-26(8-1)18-21-4-2-5-22-18)9-15-10-16(24-13-23-15)25-17-11-19-6-7-20-17/h2,4-7,10-11,13-14H,1,3,8-9,12H2,(H,20,23,24,25)/t14-/m1/s1. The molecule has 1 N–H and O–H groups in total. The van der Waals surface area contributed by atoms with Crippen molar-refractivity contribution in [3.8, 4) is 0 Å². The molecule has 0 saturated carbocycles. The van der Waals surface area contributed by atoms with Gasteiger partial charge in [-0.15, -0.1) is 0 Å². The zero-order valence-corrected chi connectivity index (χ0v) is 14.4. The van der Waals surface area contributed by atoms with Gasteiger partial charge in [-0.2, -0.15) is 0 Å². The van der Waals surface area contributed by atoms with Crippen LogP contribution < -0.4 is 10.2 Å². The molecule has 0 bridgehead atoms. The maximum atomic E-state index is 4.44. The van der Waals surface area contributed by atoms with Crippen LogP contribution in [0.1, 0.15) is 18.5 Å². The van der Waals surface area contributed by atoms with Gasteiger partial charge in [-0.25, -0.2) is 24.9 Å². The van der Waals surface area contributed by atoms with Gasteiger partial charge in [-0.3, -0.25) is 4.98 Å². The number of hydrogen-bond donors (Lipinski definition) is 1. The summed E-state index contributed by atoms with van der Waals surface area (Å²) in [5.41, 5.74) is 1.02. The highest BCUT2D eigenvalue weighted by Crippen LogP contribution is 2.23. The second kappa shape index (κ2) is 7.81. The molecule has 1 saturated heterocycles. The molecular weight excluding hydrogens is 328 g/mol. The van der Waals surface area contributed by atoms with E-state index in [1.165, 1.54) is 6.42 Å². The van der Waals surface area contributed by atoms with E-state index in [4.69, 9.17) is 0 Å². The SMILES string of the molecule is c1cnc(N2CCC[C@H](Cc3cc(Nc4cnccn4)ncn3)C2)nc1. The zero-order valence-electron chi connectivity index (χ0n) is 14.4. The molecule has 4 heterocycles. The summed E-state index contributed by atoms with van der Waals surface area (Å²) >= 11 is 0. The van der Waals surface area contributed by atoms with Gasteiger partial charge in [0.15, 0.2) is 0 Å². The van der Waals surface area contributed by atoms with Crippen LogP contribution in [-0.2, 0) is 6.42 Å². The van der Waals surface area contributed by atoms with Gasteiger partial charge in [0.2, 0.25) is 5.95 Å². The summed E-state index contributed by atoms with van der Waals surface area (Å²) in [6, 6.07) is 3.82. The second-order valence-electron chi connectivity index (χ2n) is 6.32. The smallest absolute Gasteiger partial charge is 0.225 e. The van der Waals surface area contributed by atoms with E-state index >= 15 is 0 Å². The minimum atomic E-state index is 0.520. The van der Waals surface area contributed by atoms with Crippen molar-refractivity contribution in [1.82, 2.24) is 29.9 Å². The first-order valence-corrected chi connectivity index (χ1v) is 8.73. The molecule has 0 amide bonds. The normalized spacial score (nSPS) is 17.1. The third-order valence-corrected chi connectivity index (χ3v) is 4.39. The molecule has 1 atom stereocenters. The van der Waals surface area contributed by atoms with Crippen LogP contribution in [0.5, 0.6) is 0 Å². The van der Waals surface area contributed by atoms with Crippen molar-refractivity contribution in [3.05, 3.63) is 55.1 Å². The molecule has 26 heavy (non-hydrogen) atoms. The lowest BCUT2D eigenvalue weighted by molar-refractivity contribution is 0.406. The highest BCUT2D eigenvalue weighted by Gasteiger charge is 2.22. The quantitative estimate of drug-likeness (QED) is 0.750. The fraction of sp³-hybridized carbons (Fsp3) is 0.333. The maximum Gasteiger partial charge on any atom is 0.225 e. The molecule has 1 fully saturated rings. The summed E-state index contributed by atoms with van der Waals surface area (Å²) in [6.07, 6.45) is 13.4. The van der Waals surface area contributed by atoms with Crippen molar-refractivity contribution in [2.45, 2.75) is 19.3 Å². The van der Waals surface area contributed by atoms with Crippen molar-refractivity contribution in [1.29, 1.82) is 0 Å². The topological polar surface area (TPSA) is 92.6 Å². The first kappa shape index (κ1) is 16.3. The van der Waals surface area contributed by atoms with Crippen molar-refractivity contribution < 1.29 is 0 Å². The van der Waals surface area contributed by atoms with Crippen LogP contribution in [0.4, 0.5) is 17.6 Å². The Morgan fingerprint density at radius 2 is 1.92 bits per heavy atom. The Bertz CT molecular complexity index is 827. The average Bonchev–Trinajstić information content (AvgIpc) is 2.70. The molecule has 3 aromatic heterocycles. The van der Waals surface area contributed by atoms with E-state index < -0.39 is 0 Å². The summed E-state index contributed by atoms with van der Waals surface area (Å²) in [6.45, 7) is 1.95. The van der Waals surface area contributed by atoms with Gasteiger partial charge in [0.05, 0.1) is 6.20 Å². The third kappa shape index (κ3) is 4.08. The summed E-state index contributed by atoms with van der Waals surface area (Å²) in [5.74, 6) is 2.73. The third-order valence-electron chi connectivity index (χ3n) is 4.39. The predicted molar refractivity (Wildman–Crippen MR) is 98.0 cm³/mol. The van der Waals surface area contributed by atoms with Gasteiger partial charge in [-0.05, 0) is 31.2 Å². The Hall–Kier alpha value is -3.16. The molecule has 132 valence electrons. The van der Waals surface area contributed by atoms with Crippen LogP contribution in [0.3, 0.4) is 0 Å². The van der Waals surface area contributed by atoms with Crippen LogP contribution in [0, 0.1) is 5.92 Å². The number of rotatable bonds is 5. The lowest BCUT2D eigenvalue weighted by atomic mass is 9.93. The van der Waals surface area contributed by atoms with Gasteiger partial charge in [0.25, 0.3) is 0 Å². The van der Waals surface area contributed by atoms with E-state index in [-0.39, 0.29) is 0 Å². The second-order valence-corrected chi connectivity index (χ2v) is 6.32. The Balaban J connectivity index is 1.41. The fourth-order valence-electron chi connectivity index (χ4n) is 3.24. The number of hydrogen-bond acceptors (Lipinski definition) is 8. The fourth-order valence-corrected chi connectivity index (χ4v) is 3.24. The summed E-state index contributed by atoms with van der Waals surface area (Å²) in [4.78, 5) is 28.0. The molecule has 0 unspecified atom stereocenters. The monoisotopic (exact) mass is 348 g/mol. The van der Waals surface area contributed by atoms with E-state index in [2.05, 4.69) is 40.1 Å². The van der Waals surface area contributed by atoms with E-state index in [1.807, 2.05) is 12.1 Å². The number of nitrogens with one attached hydrogen (secondary N) is 1. The van der Waals surface area contributed by atoms with Crippen molar-refractivity contribution in [2.75, 3.05) is 23.3 Å². The molecule has 0 aliphatic carbocycles. The van der Waals surface area contributed by atoms with Gasteiger partial charge >= 0.3 is 0 Å². The largest absolute Gasteiger partial charge is 0.341 e. The van der Waals surface area contributed by atoms with Crippen molar-refractivity contribution in [2.24, 2.45) is 5.92 Å². The van der Waals surface area contributed by atoms with Crippen LogP contribution in [0.25, 0.3) is 0 Å². The minimum Gasteiger partial charge on any atom is -0.341 e. The minimum absolute atomic E-state index is 0.520. The van der Waals surface area contributed by atoms with E-state index in [0.717, 1.165) is 43.4 Å². The van der Waals surface area contributed by atoms with Crippen molar-refractivity contribution >= 4 is 17.6 Å². The molecule has 8 nitrogen and oxygen atoms in total. The molecule has 0 aromatic carbocycles. The van der Waals surface area contributed by atoms with Gasteiger partial charge in [0, 0.05) is 49.6 Å².